The molecule has 0 radical (unpaired) electrons. The van der Waals surface area contributed by atoms with E-state index in [1.54, 1.807) is 0 Å². The van der Waals surface area contributed by atoms with E-state index in [9.17, 15) is 0 Å². The Morgan fingerprint density at radius 1 is 1.05 bits per heavy atom. The number of nitrogens with zero attached hydrogens (tertiary/aromatic N) is 3. The third-order valence-electron chi connectivity index (χ3n) is 4.27. The van der Waals surface area contributed by atoms with E-state index in [1.165, 1.54) is 24.1 Å². The number of nitrogens with two attached hydrogens (primary N) is 1. The van der Waals surface area contributed by atoms with Crippen molar-refractivity contribution in [3.05, 3.63) is 47.4 Å². The van der Waals surface area contributed by atoms with Crippen molar-refractivity contribution < 1.29 is 0 Å². The molecule has 21 heavy (non-hydrogen) atoms. The van der Waals surface area contributed by atoms with Crippen LogP contribution in [0.5, 0.6) is 0 Å². The van der Waals surface area contributed by atoms with Gasteiger partial charge >= 0.3 is 0 Å². The van der Waals surface area contributed by atoms with Crippen molar-refractivity contribution >= 4 is 16.9 Å². The van der Waals surface area contributed by atoms with Gasteiger partial charge in [0, 0.05) is 11.4 Å². The summed E-state index contributed by atoms with van der Waals surface area (Å²) in [6.07, 6.45) is 4.60. The fourth-order valence-corrected chi connectivity index (χ4v) is 3.42. The minimum absolute atomic E-state index is 0.616. The molecule has 0 unspecified atom stereocenters. The first-order valence-electron chi connectivity index (χ1n) is 7.47. The van der Waals surface area contributed by atoms with Gasteiger partial charge in [0.1, 0.15) is 11.6 Å². The molecule has 4 nitrogen and oxygen atoms in total. The number of para-hydroxylation sites is 1. The molecule has 4 heteroatoms. The SMILES string of the molecule is Cc1nc(N)c2c3c(n(-c4ccccc4)c2n1)CCCC3. The predicted octanol–water partition coefficient (Wildman–Crippen LogP) is 3.19. The molecule has 0 fully saturated rings. The van der Waals surface area contributed by atoms with E-state index in [-0.39, 0.29) is 0 Å². The van der Waals surface area contributed by atoms with E-state index in [2.05, 4.69) is 38.8 Å². The molecule has 0 saturated heterocycles. The molecule has 0 amide bonds. The lowest BCUT2D eigenvalue weighted by Gasteiger charge is -2.15. The van der Waals surface area contributed by atoms with Crippen LogP contribution in [0.4, 0.5) is 5.82 Å². The highest BCUT2D eigenvalue weighted by Crippen LogP contribution is 2.35. The van der Waals surface area contributed by atoms with Crippen LogP contribution in [-0.2, 0) is 12.8 Å². The molecule has 2 heterocycles. The summed E-state index contributed by atoms with van der Waals surface area (Å²) in [6.45, 7) is 1.90. The normalized spacial score (nSPS) is 14.3. The molecule has 1 aliphatic rings. The minimum atomic E-state index is 0.616. The Morgan fingerprint density at radius 3 is 2.62 bits per heavy atom. The summed E-state index contributed by atoms with van der Waals surface area (Å²) < 4.78 is 2.27. The molecule has 2 aromatic heterocycles. The van der Waals surface area contributed by atoms with Gasteiger partial charge in [-0.25, -0.2) is 9.97 Å². The van der Waals surface area contributed by atoms with E-state index in [0.717, 1.165) is 35.4 Å². The Morgan fingerprint density at radius 2 is 1.81 bits per heavy atom. The van der Waals surface area contributed by atoms with Crippen molar-refractivity contribution in [3.63, 3.8) is 0 Å². The van der Waals surface area contributed by atoms with Gasteiger partial charge in [0.25, 0.3) is 0 Å². The van der Waals surface area contributed by atoms with Gasteiger partial charge in [-0.05, 0) is 50.3 Å². The number of hydrogen-bond donors (Lipinski definition) is 1. The number of benzene rings is 1. The Balaban J connectivity index is 2.14. The number of aryl methyl sites for hydroxylation is 2. The first kappa shape index (κ1) is 12.4. The molecule has 1 aromatic carbocycles. The molecular formula is C17H18N4. The first-order valence-corrected chi connectivity index (χ1v) is 7.47. The summed E-state index contributed by atoms with van der Waals surface area (Å²) in [7, 11) is 0. The second kappa shape index (κ2) is 4.58. The zero-order chi connectivity index (χ0) is 14.4. The van der Waals surface area contributed by atoms with E-state index >= 15 is 0 Å². The molecule has 1 aliphatic carbocycles. The summed E-state index contributed by atoms with van der Waals surface area (Å²) >= 11 is 0. The average molecular weight is 278 g/mol. The van der Waals surface area contributed by atoms with Gasteiger partial charge in [0.05, 0.1) is 5.39 Å². The Kier molecular flexibility index (Phi) is 2.70. The summed E-state index contributed by atoms with van der Waals surface area (Å²) in [4.78, 5) is 9.06. The molecule has 0 saturated carbocycles. The fourth-order valence-electron chi connectivity index (χ4n) is 3.42. The third kappa shape index (κ3) is 1.82. The number of hydrogen-bond acceptors (Lipinski definition) is 3. The van der Waals surface area contributed by atoms with Crippen LogP contribution < -0.4 is 5.73 Å². The lowest BCUT2D eigenvalue weighted by atomic mass is 9.96. The largest absolute Gasteiger partial charge is 0.383 e. The van der Waals surface area contributed by atoms with Crippen LogP contribution in [0.1, 0.15) is 29.9 Å². The number of fused-ring (bicyclic) bond motifs is 3. The molecule has 3 aromatic rings. The predicted molar refractivity (Wildman–Crippen MR) is 84.7 cm³/mol. The molecule has 0 bridgehead atoms. The van der Waals surface area contributed by atoms with Gasteiger partial charge in [0.2, 0.25) is 0 Å². The maximum Gasteiger partial charge on any atom is 0.150 e. The minimum Gasteiger partial charge on any atom is -0.383 e. The van der Waals surface area contributed by atoms with Crippen LogP contribution >= 0.6 is 0 Å². The lowest BCUT2D eigenvalue weighted by molar-refractivity contribution is 0.666. The molecule has 2 N–H and O–H groups in total. The van der Waals surface area contributed by atoms with E-state index in [1.807, 2.05) is 13.0 Å². The van der Waals surface area contributed by atoms with Crippen molar-refractivity contribution in [1.82, 2.24) is 14.5 Å². The number of rotatable bonds is 1. The molecule has 0 spiro atoms. The van der Waals surface area contributed by atoms with Crippen molar-refractivity contribution in [1.29, 1.82) is 0 Å². The molecule has 0 atom stereocenters. The van der Waals surface area contributed by atoms with Gasteiger partial charge in [-0.1, -0.05) is 18.2 Å². The molecular weight excluding hydrogens is 260 g/mol. The summed E-state index contributed by atoms with van der Waals surface area (Å²) in [5.41, 5.74) is 11.0. The van der Waals surface area contributed by atoms with Crippen molar-refractivity contribution in [2.24, 2.45) is 0 Å². The standard InChI is InChI=1S/C17H18N4/c1-11-19-16(18)15-13-9-5-6-10-14(13)21(17(15)20-11)12-7-3-2-4-8-12/h2-4,7-8H,5-6,9-10H2,1H3,(H2,18,19,20). The highest BCUT2D eigenvalue weighted by atomic mass is 15.1. The van der Waals surface area contributed by atoms with Crippen molar-refractivity contribution in [3.8, 4) is 5.69 Å². The fraction of sp³-hybridized carbons (Fsp3) is 0.294. The monoisotopic (exact) mass is 278 g/mol. The zero-order valence-corrected chi connectivity index (χ0v) is 12.1. The third-order valence-corrected chi connectivity index (χ3v) is 4.27. The van der Waals surface area contributed by atoms with Gasteiger partial charge in [-0.15, -0.1) is 0 Å². The van der Waals surface area contributed by atoms with Crippen LogP contribution in [0.3, 0.4) is 0 Å². The van der Waals surface area contributed by atoms with Crippen LogP contribution in [0.25, 0.3) is 16.7 Å². The van der Waals surface area contributed by atoms with Gasteiger partial charge < -0.3 is 5.73 Å². The maximum absolute atomic E-state index is 6.21. The number of nitrogen functional groups attached to an aromatic ring is 1. The first-order chi connectivity index (χ1) is 10.3. The van der Waals surface area contributed by atoms with Crippen LogP contribution in [-0.4, -0.2) is 14.5 Å². The van der Waals surface area contributed by atoms with E-state index < -0.39 is 0 Å². The lowest BCUT2D eigenvalue weighted by Crippen LogP contribution is -2.07. The second-order valence-corrected chi connectivity index (χ2v) is 5.66. The molecule has 4 rings (SSSR count). The van der Waals surface area contributed by atoms with Gasteiger partial charge in [-0.3, -0.25) is 4.57 Å². The average Bonchev–Trinajstić information content (AvgIpc) is 2.82. The number of aromatic nitrogens is 3. The summed E-state index contributed by atoms with van der Waals surface area (Å²) in [5.74, 6) is 1.34. The van der Waals surface area contributed by atoms with Crippen LogP contribution in [0.15, 0.2) is 30.3 Å². The highest BCUT2D eigenvalue weighted by molar-refractivity contribution is 5.92. The van der Waals surface area contributed by atoms with Crippen molar-refractivity contribution in [2.45, 2.75) is 32.6 Å². The Hall–Kier alpha value is -2.36. The Bertz CT molecular complexity index is 818. The highest BCUT2D eigenvalue weighted by Gasteiger charge is 2.24. The van der Waals surface area contributed by atoms with E-state index in [4.69, 9.17) is 5.73 Å². The second-order valence-electron chi connectivity index (χ2n) is 5.66. The van der Waals surface area contributed by atoms with Gasteiger partial charge in [0.15, 0.2) is 5.65 Å². The summed E-state index contributed by atoms with van der Waals surface area (Å²) in [6, 6.07) is 10.4. The molecule has 106 valence electrons. The van der Waals surface area contributed by atoms with E-state index in [0.29, 0.717) is 5.82 Å². The quantitative estimate of drug-likeness (QED) is 0.743. The topological polar surface area (TPSA) is 56.7 Å². The summed E-state index contributed by atoms with van der Waals surface area (Å²) in [5, 5.41) is 1.05. The van der Waals surface area contributed by atoms with Crippen LogP contribution in [0, 0.1) is 6.92 Å². The maximum atomic E-state index is 6.21. The number of anilines is 1. The van der Waals surface area contributed by atoms with Crippen molar-refractivity contribution in [2.75, 3.05) is 5.73 Å². The van der Waals surface area contributed by atoms with Crippen LogP contribution in [0.2, 0.25) is 0 Å². The smallest absolute Gasteiger partial charge is 0.150 e. The van der Waals surface area contributed by atoms with Gasteiger partial charge in [-0.2, -0.15) is 0 Å². The Labute approximate surface area is 123 Å². The zero-order valence-electron chi connectivity index (χ0n) is 12.1. The molecule has 0 aliphatic heterocycles.